The number of carboxylic acid groups (broad SMARTS) is 1. The number of hydrogen-bond donors (Lipinski definition) is 2. The van der Waals surface area contributed by atoms with Crippen molar-refractivity contribution >= 4 is 41.1 Å². The molecule has 2 N–H and O–H groups in total. The Labute approximate surface area is 120 Å². The van der Waals surface area contributed by atoms with E-state index in [2.05, 4.69) is 5.32 Å². The van der Waals surface area contributed by atoms with E-state index in [1.807, 2.05) is 0 Å². The minimum atomic E-state index is -4.30. The van der Waals surface area contributed by atoms with Gasteiger partial charge in [-0.15, -0.1) is 11.3 Å². The highest BCUT2D eigenvalue weighted by atomic mass is 32.2. The third-order valence-electron chi connectivity index (χ3n) is 1.93. The lowest BCUT2D eigenvalue weighted by Gasteiger charge is -2.06. The zero-order valence-electron chi connectivity index (χ0n) is 9.94. The molecule has 0 saturated carbocycles. The van der Waals surface area contributed by atoms with Crippen LogP contribution in [0.2, 0.25) is 0 Å². The van der Waals surface area contributed by atoms with Crippen LogP contribution in [0.25, 0.3) is 6.08 Å². The van der Waals surface area contributed by atoms with E-state index in [9.17, 15) is 22.8 Å². The second-order valence-corrected chi connectivity index (χ2v) is 5.56. The minimum Gasteiger partial charge on any atom is -0.478 e. The number of carboxylic acids is 1. The Morgan fingerprint density at radius 3 is 2.75 bits per heavy atom. The van der Waals surface area contributed by atoms with E-state index in [1.54, 1.807) is 0 Å². The van der Waals surface area contributed by atoms with Crippen molar-refractivity contribution in [3.05, 3.63) is 28.0 Å². The van der Waals surface area contributed by atoms with Crippen molar-refractivity contribution in [2.75, 3.05) is 12.3 Å². The zero-order chi connectivity index (χ0) is 15.2. The smallest absolute Gasteiger partial charge is 0.441 e. The van der Waals surface area contributed by atoms with Gasteiger partial charge in [0, 0.05) is 28.6 Å². The normalized spacial score (nSPS) is 11.8. The maximum absolute atomic E-state index is 11.9. The molecule has 0 aromatic carbocycles. The monoisotopic (exact) mass is 325 g/mol. The van der Waals surface area contributed by atoms with E-state index < -0.39 is 17.4 Å². The molecule has 0 unspecified atom stereocenters. The molecular formula is C11H10F3NO3S2. The van der Waals surface area contributed by atoms with E-state index in [0.717, 1.165) is 6.08 Å². The molecule has 9 heteroatoms. The van der Waals surface area contributed by atoms with Gasteiger partial charge in [-0.1, -0.05) is 0 Å². The number of nitrogens with one attached hydrogen (secondary N) is 1. The lowest BCUT2D eigenvalue weighted by atomic mass is 10.3. The summed E-state index contributed by atoms with van der Waals surface area (Å²) in [6.07, 6.45) is 2.27. The van der Waals surface area contributed by atoms with E-state index in [0.29, 0.717) is 4.88 Å². The fourth-order valence-electron chi connectivity index (χ4n) is 1.15. The number of carbonyl (C=O) groups is 2. The number of thiophene rings is 1. The Morgan fingerprint density at radius 2 is 2.15 bits per heavy atom. The number of aliphatic carboxylic acids is 1. The average molecular weight is 325 g/mol. The summed E-state index contributed by atoms with van der Waals surface area (Å²) in [6, 6.07) is 1.47. The molecule has 0 radical (unpaired) electrons. The van der Waals surface area contributed by atoms with Crippen LogP contribution in [0.3, 0.4) is 0 Å². The molecule has 0 aliphatic heterocycles. The summed E-state index contributed by atoms with van der Waals surface area (Å²) in [5.41, 5.74) is -4.01. The number of rotatable bonds is 6. The summed E-state index contributed by atoms with van der Waals surface area (Å²) in [6.45, 7) is -0.0981. The molecule has 1 amide bonds. The molecule has 4 nitrogen and oxygen atoms in total. The summed E-state index contributed by atoms with van der Waals surface area (Å²) < 4.78 is 35.6. The summed E-state index contributed by atoms with van der Waals surface area (Å²) in [4.78, 5) is 22.5. The highest BCUT2D eigenvalue weighted by Gasteiger charge is 2.27. The third-order valence-corrected chi connectivity index (χ3v) is 3.56. The van der Waals surface area contributed by atoms with Crippen LogP contribution >= 0.6 is 23.1 Å². The predicted octanol–water partition coefficient (Wildman–Crippen LogP) is 2.83. The van der Waals surface area contributed by atoms with Crippen LogP contribution in [-0.2, 0) is 4.79 Å². The maximum atomic E-state index is 11.9. The molecule has 0 aliphatic carbocycles. The summed E-state index contributed by atoms with van der Waals surface area (Å²) in [7, 11) is 0. The molecule has 1 heterocycles. The largest absolute Gasteiger partial charge is 0.478 e. The number of alkyl halides is 3. The van der Waals surface area contributed by atoms with Gasteiger partial charge < -0.3 is 10.4 Å². The maximum Gasteiger partial charge on any atom is 0.441 e. The van der Waals surface area contributed by atoms with Gasteiger partial charge in [-0.05, 0) is 23.9 Å². The van der Waals surface area contributed by atoms with Crippen LogP contribution in [0, 0.1) is 0 Å². The second-order valence-electron chi connectivity index (χ2n) is 3.46. The molecule has 20 heavy (non-hydrogen) atoms. The molecule has 0 atom stereocenters. The molecule has 1 rings (SSSR count). The Hall–Kier alpha value is -1.48. The van der Waals surface area contributed by atoms with Gasteiger partial charge in [0.25, 0.3) is 5.91 Å². The number of carbonyl (C=O) groups excluding carboxylic acids is 1. The van der Waals surface area contributed by atoms with Crippen LogP contribution < -0.4 is 5.32 Å². The molecule has 110 valence electrons. The minimum absolute atomic E-state index is 0.0981. The number of amides is 1. The number of hydrogen-bond acceptors (Lipinski definition) is 4. The summed E-state index contributed by atoms with van der Waals surface area (Å²) >= 11 is 0.966. The molecule has 0 fully saturated rings. The summed E-state index contributed by atoms with van der Waals surface area (Å²) in [5, 5.41) is 12.3. The predicted molar refractivity (Wildman–Crippen MR) is 71.8 cm³/mol. The molecule has 0 aliphatic rings. The fourth-order valence-corrected chi connectivity index (χ4v) is 2.36. The van der Waals surface area contributed by atoms with Gasteiger partial charge in [-0.2, -0.15) is 13.2 Å². The van der Waals surface area contributed by atoms with Gasteiger partial charge >= 0.3 is 11.5 Å². The first-order valence-corrected chi connectivity index (χ1v) is 7.13. The lowest BCUT2D eigenvalue weighted by Crippen LogP contribution is -2.26. The van der Waals surface area contributed by atoms with E-state index >= 15 is 0 Å². The van der Waals surface area contributed by atoms with Crippen molar-refractivity contribution in [1.29, 1.82) is 0 Å². The van der Waals surface area contributed by atoms with Gasteiger partial charge in [-0.25, -0.2) is 4.79 Å². The first-order chi connectivity index (χ1) is 9.28. The van der Waals surface area contributed by atoms with Crippen molar-refractivity contribution in [2.24, 2.45) is 0 Å². The first-order valence-electron chi connectivity index (χ1n) is 5.26. The highest BCUT2D eigenvalue weighted by Crippen LogP contribution is 2.29. The quantitative estimate of drug-likeness (QED) is 0.623. The van der Waals surface area contributed by atoms with Gasteiger partial charge in [0.15, 0.2) is 0 Å². The van der Waals surface area contributed by atoms with Crippen LogP contribution in [-0.4, -0.2) is 34.8 Å². The molecular weight excluding hydrogens is 315 g/mol. The van der Waals surface area contributed by atoms with Crippen molar-refractivity contribution < 1.29 is 27.9 Å². The standard InChI is InChI=1S/C11H10F3NO3S2/c12-11(13,14)20-4-3-15-10(18)7-5-8(19-6-7)1-2-9(16)17/h1-2,5-6H,3-4H2,(H,15,18)(H,16,17)/b2-1+. The van der Waals surface area contributed by atoms with Crippen molar-refractivity contribution in [1.82, 2.24) is 5.32 Å². The molecule has 0 saturated heterocycles. The second kappa shape index (κ2) is 7.34. The van der Waals surface area contributed by atoms with E-state index in [4.69, 9.17) is 5.11 Å². The van der Waals surface area contributed by atoms with Crippen molar-refractivity contribution in [2.45, 2.75) is 5.51 Å². The Kier molecular flexibility index (Phi) is 6.08. The van der Waals surface area contributed by atoms with Gasteiger partial charge in [-0.3, -0.25) is 4.79 Å². The Bertz CT molecular complexity index is 511. The molecule has 0 spiro atoms. The Morgan fingerprint density at radius 1 is 1.45 bits per heavy atom. The lowest BCUT2D eigenvalue weighted by molar-refractivity contribution is -0.131. The zero-order valence-corrected chi connectivity index (χ0v) is 11.6. The summed E-state index contributed by atoms with van der Waals surface area (Å²) in [5.74, 6) is -1.85. The molecule has 1 aromatic rings. The first kappa shape index (κ1) is 16.6. The van der Waals surface area contributed by atoms with Crippen LogP contribution in [0.1, 0.15) is 15.2 Å². The van der Waals surface area contributed by atoms with Crippen molar-refractivity contribution in [3.63, 3.8) is 0 Å². The van der Waals surface area contributed by atoms with Gasteiger partial charge in [0.1, 0.15) is 0 Å². The SMILES string of the molecule is O=C(O)/C=C/c1cc(C(=O)NCCSC(F)(F)F)cs1. The fraction of sp³-hybridized carbons (Fsp3) is 0.273. The number of thioether (sulfide) groups is 1. The van der Waals surface area contributed by atoms with Crippen LogP contribution in [0.4, 0.5) is 13.2 Å². The van der Waals surface area contributed by atoms with Gasteiger partial charge in [0.2, 0.25) is 0 Å². The topological polar surface area (TPSA) is 66.4 Å². The third kappa shape index (κ3) is 6.62. The Balaban J connectivity index is 2.42. The van der Waals surface area contributed by atoms with E-state index in [1.165, 1.54) is 28.9 Å². The highest BCUT2D eigenvalue weighted by molar-refractivity contribution is 8.00. The van der Waals surface area contributed by atoms with Crippen molar-refractivity contribution in [3.8, 4) is 0 Å². The average Bonchev–Trinajstić information content (AvgIpc) is 2.79. The van der Waals surface area contributed by atoms with E-state index in [-0.39, 0.29) is 29.6 Å². The molecule has 1 aromatic heterocycles. The van der Waals surface area contributed by atoms with Crippen LogP contribution in [0.5, 0.6) is 0 Å². The van der Waals surface area contributed by atoms with Gasteiger partial charge in [0.05, 0.1) is 5.56 Å². The molecule has 0 bridgehead atoms. The van der Waals surface area contributed by atoms with Crippen LogP contribution in [0.15, 0.2) is 17.5 Å². The number of halogens is 3.